The maximum atomic E-state index is 14.1. The molecule has 3 aliphatic rings. The third kappa shape index (κ3) is 3.99. The summed E-state index contributed by atoms with van der Waals surface area (Å²) >= 11 is 0. The number of ether oxygens (including phenoxy) is 2. The van der Waals surface area contributed by atoms with Crippen LogP contribution in [0.2, 0.25) is 0 Å². The molecule has 0 spiro atoms. The zero-order chi connectivity index (χ0) is 24.9. The van der Waals surface area contributed by atoms with E-state index in [1.54, 1.807) is 13.3 Å². The highest BCUT2D eigenvalue weighted by molar-refractivity contribution is 5.97. The van der Waals surface area contributed by atoms with Crippen molar-refractivity contribution < 1.29 is 18.7 Å². The van der Waals surface area contributed by atoms with Crippen molar-refractivity contribution in [2.45, 2.75) is 56.3 Å². The number of rotatable bonds is 7. The Morgan fingerprint density at radius 1 is 1.19 bits per heavy atom. The van der Waals surface area contributed by atoms with Gasteiger partial charge in [-0.1, -0.05) is 12.1 Å². The smallest absolute Gasteiger partial charge is 0.252 e. The lowest BCUT2D eigenvalue weighted by molar-refractivity contribution is 0.0928. The summed E-state index contributed by atoms with van der Waals surface area (Å²) in [5, 5.41) is 4.34. The number of carbonyl (C=O) groups excluding carboxylic acids is 1. The number of carbonyl (C=O) groups is 1. The summed E-state index contributed by atoms with van der Waals surface area (Å²) in [4.78, 5) is 20.3. The van der Waals surface area contributed by atoms with Crippen molar-refractivity contribution in [2.75, 3.05) is 26.8 Å². The molecule has 1 aromatic heterocycles. The average Bonchev–Trinajstić information content (AvgIpc) is 3.45. The van der Waals surface area contributed by atoms with Gasteiger partial charge in [-0.3, -0.25) is 14.7 Å². The molecule has 3 aromatic rings. The normalized spacial score (nSPS) is 24.5. The second-order valence-electron chi connectivity index (χ2n) is 10.6. The van der Waals surface area contributed by atoms with E-state index >= 15 is 0 Å². The molecule has 2 atom stereocenters. The Morgan fingerprint density at radius 3 is 2.86 bits per heavy atom. The Bertz CT molecular complexity index is 1320. The monoisotopic (exact) mass is 489 g/mol. The highest BCUT2D eigenvalue weighted by atomic mass is 19.1. The van der Waals surface area contributed by atoms with Crippen LogP contribution in [0.3, 0.4) is 0 Å². The van der Waals surface area contributed by atoms with E-state index in [1.165, 1.54) is 0 Å². The van der Waals surface area contributed by atoms with Crippen LogP contribution < -0.4 is 14.8 Å². The molecule has 6 rings (SSSR count). The minimum atomic E-state index is -0.786. The summed E-state index contributed by atoms with van der Waals surface area (Å²) in [6.45, 7) is 3.82. The lowest BCUT2D eigenvalue weighted by atomic mass is 9.95. The fraction of sp³-hybridized carbons (Fsp3) is 0.448. The largest absolute Gasteiger partial charge is 0.497 e. The van der Waals surface area contributed by atoms with E-state index in [0.29, 0.717) is 30.9 Å². The molecule has 0 radical (unpaired) electrons. The Balaban J connectivity index is 1.23. The molecule has 1 aliphatic carbocycles. The van der Waals surface area contributed by atoms with Gasteiger partial charge in [-0.2, -0.15) is 0 Å². The number of alkyl halides is 1. The molecule has 6 nitrogen and oxygen atoms in total. The molecular weight excluding hydrogens is 457 g/mol. The zero-order valence-corrected chi connectivity index (χ0v) is 20.9. The van der Waals surface area contributed by atoms with Crippen LogP contribution in [0.5, 0.6) is 11.5 Å². The number of aromatic nitrogens is 1. The van der Waals surface area contributed by atoms with Gasteiger partial charge in [0.1, 0.15) is 24.3 Å². The van der Waals surface area contributed by atoms with E-state index in [4.69, 9.17) is 9.47 Å². The molecule has 188 valence electrons. The minimum absolute atomic E-state index is 0.124. The van der Waals surface area contributed by atoms with Gasteiger partial charge in [0.05, 0.1) is 23.7 Å². The second-order valence-corrected chi connectivity index (χ2v) is 10.6. The lowest BCUT2D eigenvalue weighted by Gasteiger charge is -2.31. The van der Waals surface area contributed by atoms with Crippen molar-refractivity contribution in [1.82, 2.24) is 15.2 Å². The summed E-state index contributed by atoms with van der Waals surface area (Å²) < 4.78 is 25.8. The second kappa shape index (κ2) is 8.73. The quantitative estimate of drug-likeness (QED) is 0.510. The SMILES string of the molecule is COc1cc(C2(NC(=O)c3cc(OC[C@@]45CCCN4C[C@H](F)C5)ccc3C)CC2)c2cccnc2c1. The van der Waals surface area contributed by atoms with Crippen LogP contribution in [0.25, 0.3) is 10.9 Å². The molecule has 0 unspecified atom stereocenters. The van der Waals surface area contributed by atoms with E-state index in [2.05, 4.69) is 15.2 Å². The predicted molar refractivity (Wildman–Crippen MR) is 136 cm³/mol. The molecule has 3 heterocycles. The van der Waals surface area contributed by atoms with E-state index in [-0.39, 0.29) is 11.4 Å². The molecule has 36 heavy (non-hydrogen) atoms. The van der Waals surface area contributed by atoms with E-state index in [1.807, 2.05) is 49.4 Å². The van der Waals surface area contributed by atoms with Crippen LogP contribution in [0.15, 0.2) is 48.7 Å². The first-order valence-corrected chi connectivity index (χ1v) is 12.8. The Hall–Kier alpha value is -3.19. The van der Waals surface area contributed by atoms with Gasteiger partial charge in [-0.15, -0.1) is 0 Å². The van der Waals surface area contributed by atoms with Crippen LogP contribution in [-0.2, 0) is 5.54 Å². The fourth-order valence-corrected chi connectivity index (χ4v) is 6.14. The van der Waals surface area contributed by atoms with Crippen molar-refractivity contribution in [3.05, 3.63) is 65.4 Å². The molecule has 1 saturated carbocycles. The highest BCUT2D eigenvalue weighted by Gasteiger charge is 2.49. The molecule has 2 saturated heterocycles. The minimum Gasteiger partial charge on any atom is -0.497 e. The van der Waals surface area contributed by atoms with Crippen molar-refractivity contribution in [1.29, 1.82) is 0 Å². The summed E-state index contributed by atoms with van der Waals surface area (Å²) in [6, 6.07) is 13.5. The summed E-state index contributed by atoms with van der Waals surface area (Å²) in [5.41, 5.74) is 2.71. The molecule has 2 aromatic carbocycles. The number of aryl methyl sites for hydroxylation is 1. The van der Waals surface area contributed by atoms with Crippen LogP contribution in [0, 0.1) is 6.92 Å². The first-order valence-electron chi connectivity index (χ1n) is 12.8. The Labute approximate surface area is 210 Å². The van der Waals surface area contributed by atoms with Crippen molar-refractivity contribution in [2.24, 2.45) is 0 Å². The number of hydrogen-bond donors (Lipinski definition) is 1. The van der Waals surface area contributed by atoms with E-state index < -0.39 is 11.7 Å². The fourth-order valence-electron chi connectivity index (χ4n) is 6.14. The zero-order valence-electron chi connectivity index (χ0n) is 20.9. The van der Waals surface area contributed by atoms with Gasteiger partial charge >= 0.3 is 0 Å². The molecule has 0 bridgehead atoms. The highest BCUT2D eigenvalue weighted by Crippen LogP contribution is 2.49. The number of benzene rings is 2. The van der Waals surface area contributed by atoms with Gasteiger partial charge in [-0.05, 0) is 74.5 Å². The number of methoxy groups -OCH3 is 1. The topological polar surface area (TPSA) is 63.7 Å². The molecule has 1 amide bonds. The van der Waals surface area contributed by atoms with Crippen molar-refractivity contribution in [3.63, 3.8) is 0 Å². The Kier molecular flexibility index (Phi) is 5.63. The number of fused-ring (bicyclic) bond motifs is 2. The van der Waals surface area contributed by atoms with E-state index in [0.717, 1.165) is 60.0 Å². The summed E-state index contributed by atoms with van der Waals surface area (Å²) in [7, 11) is 1.64. The van der Waals surface area contributed by atoms with Gasteiger partial charge in [0.2, 0.25) is 0 Å². The number of hydrogen-bond acceptors (Lipinski definition) is 5. The third-order valence-electron chi connectivity index (χ3n) is 8.27. The van der Waals surface area contributed by atoms with Gasteiger partial charge in [0.25, 0.3) is 5.91 Å². The van der Waals surface area contributed by atoms with Crippen LogP contribution in [0.4, 0.5) is 4.39 Å². The summed E-state index contributed by atoms with van der Waals surface area (Å²) in [5.74, 6) is 1.25. The number of amides is 1. The van der Waals surface area contributed by atoms with E-state index in [9.17, 15) is 9.18 Å². The summed E-state index contributed by atoms with van der Waals surface area (Å²) in [6.07, 6.45) is 5.25. The van der Waals surface area contributed by atoms with Gasteiger partial charge in [0, 0.05) is 36.2 Å². The predicted octanol–water partition coefficient (Wildman–Crippen LogP) is 4.93. The standard InChI is InChI=1S/C29H32FN3O3/c1-19-6-7-21(36-18-28-8-4-12-33(28)17-20(30)16-28)13-24(19)27(34)32-29(9-10-29)25-14-22(35-2)15-26-23(25)5-3-11-31-26/h3,5-7,11,13-15,20H,4,8-10,12,16-18H2,1-2H3,(H,32,34)/t20-,28+/m1/s1. The number of halogens is 1. The molecule has 2 aliphatic heterocycles. The number of nitrogens with zero attached hydrogens (tertiary/aromatic N) is 2. The van der Waals surface area contributed by atoms with Crippen molar-refractivity contribution in [3.8, 4) is 11.5 Å². The van der Waals surface area contributed by atoms with Gasteiger partial charge in [0.15, 0.2) is 0 Å². The Morgan fingerprint density at radius 2 is 2.06 bits per heavy atom. The number of nitrogens with one attached hydrogen (secondary N) is 1. The molecule has 7 heteroatoms. The van der Waals surface area contributed by atoms with Crippen molar-refractivity contribution >= 4 is 16.8 Å². The van der Waals surface area contributed by atoms with Crippen LogP contribution >= 0.6 is 0 Å². The number of pyridine rings is 1. The van der Waals surface area contributed by atoms with Gasteiger partial charge in [-0.25, -0.2) is 4.39 Å². The third-order valence-corrected chi connectivity index (χ3v) is 8.27. The van der Waals surface area contributed by atoms with Gasteiger partial charge < -0.3 is 14.8 Å². The van der Waals surface area contributed by atoms with Crippen LogP contribution in [-0.4, -0.2) is 54.3 Å². The average molecular weight is 490 g/mol. The first kappa shape index (κ1) is 23.2. The maximum absolute atomic E-state index is 14.1. The molecular formula is C29H32FN3O3. The molecule has 1 N–H and O–H groups in total. The maximum Gasteiger partial charge on any atom is 0.252 e. The molecule has 3 fully saturated rings. The lowest BCUT2D eigenvalue weighted by Crippen LogP contribution is -2.43. The first-order chi connectivity index (χ1) is 17.4. The van der Waals surface area contributed by atoms with Crippen LogP contribution in [0.1, 0.15) is 53.6 Å².